The molecule has 3 nitrogen and oxygen atoms in total. The first-order chi connectivity index (χ1) is 8.51. The van der Waals surface area contributed by atoms with Gasteiger partial charge < -0.3 is 0 Å². The fourth-order valence-electron chi connectivity index (χ4n) is 1.47. The van der Waals surface area contributed by atoms with Gasteiger partial charge in [-0.15, -0.1) is 0 Å². The molecule has 92 valence electrons. The molecule has 2 aromatic carbocycles. The highest BCUT2D eigenvalue weighted by Crippen LogP contribution is 2.20. The number of rotatable bonds is 2. The molecule has 0 unspecified atom stereocenters. The molecule has 0 aliphatic heterocycles. The molecular weight excluding hydrogens is 316 g/mol. The summed E-state index contributed by atoms with van der Waals surface area (Å²) in [6.07, 6.45) is 0. The summed E-state index contributed by atoms with van der Waals surface area (Å²) < 4.78 is 24.8. The highest BCUT2D eigenvalue weighted by Gasteiger charge is 2.26. The molecule has 0 spiro atoms. The highest BCUT2D eigenvalue weighted by molar-refractivity contribution is 9.10. The van der Waals surface area contributed by atoms with E-state index in [0.29, 0.717) is 4.47 Å². The van der Waals surface area contributed by atoms with Crippen molar-refractivity contribution in [3.63, 3.8) is 0 Å². The number of sulfone groups is 1. The van der Waals surface area contributed by atoms with Crippen LogP contribution in [-0.2, 0) is 9.84 Å². The van der Waals surface area contributed by atoms with Crippen LogP contribution in [0.15, 0.2) is 64.0 Å². The van der Waals surface area contributed by atoms with Crippen LogP contribution in [0.3, 0.4) is 0 Å². The molecule has 0 saturated carbocycles. The number of hydrogen-bond acceptors (Lipinski definition) is 3. The lowest BCUT2D eigenvalue weighted by molar-refractivity contribution is 0.107. The first-order valence-electron chi connectivity index (χ1n) is 5.12. The summed E-state index contributed by atoms with van der Waals surface area (Å²) in [6, 6.07) is 14.0. The summed E-state index contributed by atoms with van der Waals surface area (Å²) >= 11 is 3.18. The highest BCUT2D eigenvalue weighted by atomic mass is 79.9. The molecule has 0 N–H and O–H groups in total. The van der Waals surface area contributed by atoms with Crippen LogP contribution in [0.1, 0.15) is 10.4 Å². The zero-order chi connectivity index (χ0) is 13.2. The van der Waals surface area contributed by atoms with Crippen LogP contribution in [0, 0.1) is 0 Å². The van der Waals surface area contributed by atoms with E-state index in [1.165, 1.54) is 24.3 Å². The molecule has 0 fully saturated rings. The van der Waals surface area contributed by atoms with Crippen molar-refractivity contribution >= 4 is 30.9 Å². The Bertz CT molecular complexity index is 678. The van der Waals surface area contributed by atoms with E-state index >= 15 is 0 Å². The molecule has 0 aliphatic carbocycles. The van der Waals surface area contributed by atoms with Crippen molar-refractivity contribution < 1.29 is 13.2 Å². The average Bonchev–Trinajstić information content (AvgIpc) is 2.39. The maximum atomic E-state index is 12.1. The number of benzene rings is 2. The molecule has 0 aliphatic rings. The lowest BCUT2D eigenvalue weighted by Gasteiger charge is -2.03. The van der Waals surface area contributed by atoms with Crippen LogP contribution in [0.4, 0.5) is 0 Å². The van der Waals surface area contributed by atoms with E-state index < -0.39 is 15.0 Å². The van der Waals surface area contributed by atoms with Crippen molar-refractivity contribution in [1.82, 2.24) is 0 Å². The summed E-state index contributed by atoms with van der Waals surface area (Å²) in [4.78, 5) is 12.0. The second-order valence-electron chi connectivity index (χ2n) is 3.61. The van der Waals surface area contributed by atoms with Crippen LogP contribution in [0.25, 0.3) is 0 Å². The molecule has 18 heavy (non-hydrogen) atoms. The zero-order valence-corrected chi connectivity index (χ0v) is 11.6. The Morgan fingerprint density at radius 1 is 0.944 bits per heavy atom. The molecule has 0 bridgehead atoms. The fourth-order valence-corrected chi connectivity index (χ4v) is 3.22. The smallest absolute Gasteiger partial charge is 0.276 e. The normalized spacial score (nSPS) is 11.2. The lowest BCUT2D eigenvalue weighted by atomic mass is 10.2. The molecule has 0 saturated heterocycles. The Balaban J connectivity index is 2.47. The number of hydrogen-bond donors (Lipinski definition) is 0. The summed E-state index contributed by atoms with van der Waals surface area (Å²) in [5, 5.41) is -0.888. The van der Waals surface area contributed by atoms with Crippen molar-refractivity contribution in [3.05, 3.63) is 64.6 Å². The van der Waals surface area contributed by atoms with Crippen LogP contribution >= 0.6 is 15.9 Å². The van der Waals surface area contributed by atoms with Crippen LogP contribution < -0.4 is 0 Å². The molecule has 2 rings (SSSR count). The summed E-state index contributed by atoms with van der Waals surface area (Å²) in [5.41, 5.74) is 0.164. The summed E-state index contributed by atoms with van der Waals surface area (Å²) in [5.74, 6) is 0. The molecular formula is C13H9BrO3S. The predicted molar refractivity (Wildman–Crippen MR) is 72.1 cm³/mol. The second kappa shape index (κ2) is 5.04. The maximum Gasteiger partial charge on any atom is 0.281 e. The lowest BCUT2D eigenvalue weighted by Crippen LogP contribution is -2.15. The molecule has 0 aromatic heterocycles. The Labute approximate surface area is 114 Å². The van der Waals surface area contributed by atoms with Crippen molar-refractivity contribution in [2.24, 2.45) is 0 Å². The van der Waals surface area contributed by atoms with Gasteiger partial charge in [-0.1, -0.05) is 52.3 Å². The largest absolute Gasteiger partial charge is 0.281 e. The van der Waals surface area contributed by atoms with E-state index in [2.05, 4.69) is 15.9 Å². The Kier molecular flexibility index (Phi) is 3.63. The van der Waals surface area contributed by atoms with E-state index in [9.17, 15) is 13.2 Å². The van der Waals surface area contributed by atoms with E-state index in [0.717, 1.165) is 0 Å². The standard InChI is InChI=1S/C13H9BrO3S/c14-11-7-4-8-12(9-11)18(16,17)13(15)10-5-2-1-3-6-10/h1-9H. The van der Waals surface area contributed by atoms with Gasteiger partial charge in [0.25, 0.3) is 5.12 Å². The number of halogens is 1. The average molecular weight is 325 g/mol. The van der Waals surface area contributed by atoms with E-state index in [4.69, 9.17) is 0 Å². The van der Waals surface area contributed by atoms with Gasteiger partial charge in [0.15, 0.2) is 0 Å². The molecule has 5 heteroatoms. The zero-order valence-electron chi connectivity index (χ0n) is 9.21. The van der Waals surface area contributed by atoms with Gasteiger partial charge in [-0.25, -0.2) is 8.42 Å². The van der Waals surface area contributed by atoms with Crippen LogP contribution in [0.5, 0.6) is 0 Å². The van der Waals surface area contributed by atoms with Crippen molar-refractivity contribution in [3.8, 4) is 0 Å². The molecule has 0 atom stereocenters. The SMILES string of the molecule is O=C(c1ccccc1)S(=O)(=O)c1cccc(Br)c1. The van der Waals surface area contributed by atoms with Gasteiger partial charge in [-0.3, -0.25) is 4.79 Å². The minimum atomic E-state index is -3.98. The predicted octanol–water partition coefficient (Wildman–Crippen LogP) is 3.06. The third-order valence-electron chi connectivity index (χ3n) is 2.36. The number of carbonyl (C=O) groups excluding carboxylic acids is 1. The van der Waals surface area contributed by atoms with E-state index in [-0.39, 0.29) is 10.5 Å². The maximum absolute atomic E-state index is 12.1. The molecule has 0 heterocycles. The second-order valence-corrected chi connectivity index (χ2v) is 6.38. The van der Waals surface area contributed by atoms with Crippen LogP contribution in [0.2, 0.25) is 0 Å². The van der Waals surface area contributed by atoms with Gasteiger partial charge in [-0.2, -0.15) is 0 Å². The molecule has 0 radical (unpaired) electrons. The molecule has 0 amide bonds. The minimum Gasteiger partial charge on any atom is -0.276 e. The molecule has 2 aromatic rings. The van der Waals surface area contributed by atoms with Gasteiger partial charge in [-0.05, 0) is 18.2 Å². The number of carbonyl (C=O) groups is 1. The monoisotopic (exact) mass is 324 g/mol. The van der Waals surface area contributed by atoms with Crippen molar-refractivity contribution in [2.75, 3.05) is 0 Å². The third kappa shape index (κ3) is 2.52. The van der Waals surface area contributed by atoms with E-state index in [1.54, 1.807) is 30.3 Å². The fraction of sp³-hybridized carbons (Fsp3) is 0. The van der Waals surface area contributed by atoms with Gasteiger partial charge in [0, 0.05) is 10.0 Å². The van der Waals surface area contributed by atoms with Gasteiger partial charge in [0.05, 0.1) is 4.90 Å². The van der Waals surface area contributed by atoms with Gasteiger partial charge in [0.2, 0.25) is 9.84 Å². The Morgan fingerprint density at radius 2 is 1.61 bits per heavy atom. The first kappa shape index (κ1) is 13.0. The van der Waals surface area contributed by atoms with Gasteiger partial charge >= 0.3 is 0 Å². The van der Waals surface area contributed by atoms with Crippen LogP contribution in [-0.4, -0.2) is 13.5 Å². The third-order valence-corrected chi connectivity index (χ3v) is 4.45. The van der Waals surface area contributed by atoms with Crippen molar-refractivity contribution in [1.29, 1.82) is 0 Å². The quantitative estimate of drug-likeness (QED) is 0.853. The Morgan fingerprint density at radius 3 is 2.22 bits per heavy atom. The first-order valence-corrected chi connectivity index (χ1v) is 7.39. The van der Waals surface area contributed by atoms with Crippen molar-refractivity contribution in [2.45, 2.75) is 4.90 Å². The topological polar surface area (TPSA) is 51.2 Å². The van der Waals surface area contributed by atoms with E-state index in [1.807, 2.05) is 0 Å². The Hall–Kier alpha value is -1.46. The minimum absolute atomic E-state index is 0.00859. The summed E-state index contributed by atoms with van der Waals surface area (Å²) in [6.45, 7) is 0. The summed E-state index contributed by atoms with van der Waals surface area (Å²) in [7, 11) is -3.98. The van der Waals surface area contributed by atoms with Gasteiger partial charge in [0.1, 0.15) is 0 Å².